The fourth-order valence-electron chi connectivity index (χ4n) is 4.44. The van der Waals surface area contributed by atoms with Crippen LogP contribution in [0.1, 0.15) is 23.2 Å². The van der Waals surface area contributed by atoms with Crippen molar-refractivity contribution >= 4 is 5.78 Å². The standard InChI is InChI=1S/C22H24FNO4/c1-27-21-4-2-3-19(23)22(21)28-18-9-15-11-24(12-16(15)10-18)13-20(26)14-5-7-17(25)8-6-14/h2-8,15-16,18,25H,9-13H2,1H3/t15-,16+,18-. The minimum absolute atomic E-state index is 0.0317. The molecule has 5 nitrogen and oxygen atoms in total. The topological polar surface area (TPSA) is 59.0 Å². The fourth-order valence-corrected chi connectivity index (χ4v) is 4.44. The molecule has 0 unspecified atom stereocenters. The Kier molecular flexibility index (Phi) is 5.22. The summed E-state index contributed by atoms with van der Waals surface area (Å²) in [5.41, 5.74) is 0.614. The zero-order chi connectivity index (χ0) is 19.7. The molecule has 1 saturated heterocycles. The van der Waals surface area contributed by atoms with Gasteiger partial charge in [0, 0.05) is 18.7 Å². The molecule has 0 bridgehead atoms. The predicted octanol–water partition coefficient (Wildman–Crippen LogP) is 3.51. The maximum Gasteiger partial charge on any atom is 0.197 e. The van der Waals surface area contributed by atoms with Crippen molar-refractivity contribution in [2.45, 2.75) is 18.9 Å². The number of phenolic OH excluding ortho intramolecular Hbond substituents is 1. The highest BCUT2D eigenvalue weighted by molar-refractivity contribution is 5.97. The summed E-state index contributed by atoms with van der Waals surface area (Å²) < 4.78 is 25.3. The van der Waals surface area contributed by atoms with Crippen LogP contribution in [0.5, 0.6) is 17.2 Å². The molecule has 0 amide bonds. The number of hydrogen-bond acceptors (Lipinski definition) is 5. The van der Waals surface area contributed by atoms with Gasteiger partial charge in [0.2, 0.25) is 0 Å². The van der Waals surface area contributed by atoms with Crippen LogP contribution in [-0.4, -0.2) is 48.6 Å². The number of carbonyl (C=O) groups excluding carboxylic acids is 1. The summed E-state index contributed by atoms with van der Waals surface area (Å²) in [5, 5.41) is 9.35. The van der Waals surface area contributed by atoms with Gasteiger partial charge < -0.3 is 14.6 Å². The third kappa shape index (κ3) is 3.83. The molecular formula is C22H24FNO4. The maximum atomic E-state index is 14.1. The molecule has 2 fully saturated rings. The molecule has 4 rings (SSSR count). The molecule has 6 heteroatoms. The molecule has 0 aromatic heterocycles. The number of methoxy groups -OCH3 is 1. The van der Waals surface area contributed by atoms with E-state index in [-0.39, 0.29) is 23.4 Å². The number of Topliss-reactive ketones (excluding diaryl/α,β-unsaturated/α-hetero) is 1. The van der Waals surface area contributed by atoms with Gasteiger partial charge in [-0.15, -0.1) is 0 Å². The first-order valence-corrected chi connectivity index (χ1v) is 9.57. The number of ether oxygens (including phenoxy) is 2. The van der Waals surface area contributed by atoms with Crippen molar-refractivity contribution in [2.24, 2.45) is 11.8 Å². The Bertz CT molecular complexity index is 840. The number of halogens is 1. The van der Waals surface area contributed by atoms with Gasteiger partial charge in [0.1, 0.15) is 5.75 Å². The van der Waals surface area contributed by atoms with E-state index >= 15 is 0 Å². The molecule has 0 spiro atoms. The van der Waals surface area contributed by atoms with Crippen LogP contribution in [0.25, 0.3) is 0 Å². The number of para-hydroxylation sites is 1. The van der Waals surface area contributed by atoms with Gasteiger partial charge in [-0.05, 0) is 61.1 Å². The largest absolute Gasteiger partial charge is 0.508 e. The van der Waals surface area contributed by atoms with Crippen LogP contribution in [-0.2, 0) is 0 Å². The van der Waals surface area contributed by atoms with Crippen LogP contribution in [0.3, 0.4) is 0 Å². The number of nitrogens with zero attached hydrogens (tertiary/aromatic N) is 1. The highest BCUT2D eigenvalue weighted by Crippen LogP contribution is 2.41. The number of likely N-dealkylation sites (tertiary alicyclic amines) is 1. The molecule has 28 heavy (non-hydrogen) atoms. The summed E-state index contributed by atoms with van der Waals surface area (Å²) in [6.07, 6.45) is 1.67. The van der Waals surface area contributed by atoms with E-state index in [0.717, 1.165) is 25.9 Å². The van der Waals surface area contributed by atoms with Crippen LogP contribution >= 0.6 is 0 Å². The van der Waals surface area contributed by atoms with E-state index in [1.54, 1.807) is 24.3 Å². The molecule has 3 atom stereocenters. The molecule has 2 aliphatic rings. The molecule has 2 aromatic carbocycles. The lowest BCUT2D eigenvalue weighted by atomic mass is 10.0. The SMILES string of the molecule is COc1cccc(F)c1O[C@@H]1C[C@@H]2CN(CC(=O)c3ccc(O)cc3)C[C@@H]2C1. The van der Waals surface area contributed by atoms with Crippen LogP contribution < -0.4 is 9.47 Å². The molecule has 148 valence electrons. The first-order valence-electron chi connectivity index (χ1n) is 9.57. The molecule has 1 heterocycles. The molecule has 1 aliphatic heterocycles. The zero-order valence-corrected chi connectivity index (χ0v) is 15.8. The van der Waals surface area contributed by atoms with Gasteiger partial charge in [0.15, 0.2) is 23.1 Å². The summed E-state index contributed by atoms with van der Waals surface area (Å²) in [7, 11) is 1.51. The highest BCUT2D eigenvalue weighted by atomic mass is 19.1. The van der Waals surface area contributed by atoms with E-state index in [1.807, 2.05) is 0 Å². The quantitative estimate of drug-likeness (QED) is 0.771. The minimum atomic E-state index is -0.405. The van der Waals surface area contributed by atoms with Crippen molar-refractivity contribution in [3.8, 4) is 17.2 Å². The average molecular weight is 385 g/mol. The van der Waals surface area contributed by atoms with Gasteiger partial charge in [-0.2, -0.15) is 0 Å². The number of fused-ring (bicyclic) bond motifs is 1. The predicted molar refractivity (Wildman–Crippen MR) is 102 cm³/mol. The van der Waals surface area contributed by atoms with Crippen molar-refractivity contribution in [1.29, 1.82) is 0 Å². The summed E-state index contributed by atoms with van der Waals surface area (Å²) in [6, 6.07) is 11.1. The Labute approximate surface area is 163 Å². The van der Waals surface area contributed by atoms with Crippen molar-refractivity contribution in [2.75, 3.05) is 26.7 Å². The van der Waals surface area contributed by atoms with E-state index < -0.39 is 5.82 Å². The monoisotopic (exact) mass is 385 g/mol. The second-order valence-corrected chi connectivity index (χ2v) is 7.67. The van der Waals surface area contributed by atoms with Gasteiger partial charge >= 0.3 is 0 Å². The van der Waals surface area contributed by atoms with E-state index in [1.165, 1.54) is 25.3 Å². The van der Waals surface area contributed by atoms with Crippen LogP contribution in [0.15, 0.2) is 42.5 Å². The first kappa shape index (κ1) is 18.7. The molecule has 0 radical (unpaired) electrons. The number of phenols is 1. The van der Waals surface area contributed by atoms with Gasteiger partial charge in [0.25, 0.3) is 0 Å². The summed E-state index contributed by atoms with van der Waals surface area (Å²) in [5.74, 6) is 1.32. The Hall–Kier alpha value is -2.60. The van der Waals surface area contributed by atoms with Gasteiger partial charge in [-0.3, -0.25) is 9.69 Å². The van der Waals surface area contributed by atoms with Gasteiger partial charge in [0.05, 0.1) is 19.8 Å². The average Bonchev–Trinajstić information content (AvgIpc) is 3.21. The van der Waals surface area contributed by atoms with Crippen molar-refractivity contribution < 1.29 is 23.8 Å². The van der Waals surface area contributed by atoms with E-state index in [2.05, 4.69) is 4.90 Å². The Morgan fingerprint density at radius 2 is 1.82 bits per heavy atom. The zero-order valence-electron chi connectivity index (χ0n) is 15.8. The van der Waals surface area contributed by atoms with E-state index in [0.29, 0.717) is 29.7 Å². The van der Waals surface area contributed by atoms with E-state index in [9.17, 15) is 14.3 Å². The molecular weight excluding hydrogens is 361 g/mol. The summed E-state index contributed by atoms with van der Waals surface area (Å²) >= 11 is 0. The number of hydrogen-bond donors (Lipinski definition) is 1. The summed E-state index contributed by atoms with van der Waals surface area (Å²) in [6.45, 7) is 2.08. The normalized spacial score (nSPS) is 24.1. The van der Waals surface area contributed by atoms with Crippen LogP contribution in [0, 0.1) is 17.7 Å². The Morgan fingerprint density at radius 3 is 2.46 bits per heavy atom. The Morgan fingerprint density at radius 1 is 1.14 bits per heavy atom. The smallest absolute Gasteiger partial charge is 0.197 e. The second-order valence-electron chi connectivity index (χ2n) is 7.67. The second kappa shape index (κ2) is 7.80. The number of aromatic hydroxyl groups is 1. The van der Waals surface area contributed by atoms with Crippen LogP contribution in [0.2, 0.25) is 0 Å². The fraction of sp³-hybridized carbons (Fsp3) is 0.409. The maximum absolute atomic E-state index is 14.1. The molecule has 1 saturated carbocycles. The third-order valence-corrected chi connectivity index (χ3v) is 5.78. The number of carbonyl (C=O) groups is 1. The molecule has 1 aliphatic carbocycles. The lowest BCUT2D eigenvalue weighted by molar-refractivity contribution is 0.0936. The van der Waals surface area contributed by atoms with Crippen LogP contribution in [0.4, 0.5) is 4.39 Å². The highest BCUT2D eigenvalue weighted by Gasteiger charge is 2.42. The molecule has 2 aromatic rings. The minimum Gasteiger partial charge on any atom is -0.508 e. The third-order valence-electron chi connectivity index (χ3n) is 5.78. The lowest BCUT2D eigenvalue weighted by Crippen LogP contribution is -2.30. The van der Waals surface area contributed by atoms with E-state index in [4.69, 9.17) is 9.47 Å². The Balaban J connectivity index is 1.32. The van der Waals surface area contributed by atoms with Gasteiger partial charge in [-0.25, -0.2) is 4.39 Å². The van der Waals surface area contributed by atoms with Crippen molar-refractivity contribution in [3.05, 3.63) is 53.8 Å². The number of ketones is 1. The number of benzene rings is 2. The lowest BCUT2D eigenvalue weighted by Gasteiger charge is -2.20. The van der Waals surface area contributed by atoms with Crippen molar-refractivity contribution in [1.82, 2.24) is 4.90 Å². The first-order chi connectivity index (χ1) is 13.5. The molecule has 1 N–H and O–H groups in total. The summed E-state index contributed by atoms with van der Waals surface area (Å²) in [4.78, 5) is 14.6. The number of rotatable bonds is 6. The van der Waals surface area contributed by atoms with Gasteiger partial charge in [-0.1, -0.05) is 6.07 Å². The van der Waals surface area contributed by atoms with Crippen molar-refractivity contribution in [3.63, 3.8) is 0 Å².